The summed E-state index contributed by atoms with van der Waals surface area (Å²) in [6.07, 6.45) is 11.9. The van der Waals surface area contributed by atoms with Gasteiger partial charge in [0.25, 0.3) is 0 Å². The molecule has 29 heavy (non-hydrogen) atoms. The molecule has 3 saturated carbocycles. The summed E-state index contributed by atoms with van der Waals surface area (Å²) in [6.45, 7) is 10.0. The Morgan fingerprint density at radius 1 is 1.07 bits per heavy atom. The van der Waals surface area contributed by atoms with Gasteiger partial charge in [0.1, 0.15) is 12.2 Å². The van der Waals surface area contributed by atoms with Gasteiger partial charge in [0.15, 0.2) is 0 Å². The third kappa shape index (κ3) is 3.27. The highest BCUT2D eigenvalue weighted by Crippen LogP contribution is 2.65. The predicted molar refractivity (Wildman–Crippen MR) is 112 cm³/mol. The van der Waals surface area contributed by atoms with Crippen molar-refractivity contribution in [3.63, 3.8) is 0 Å². The normalized spacial score (nSPS) is 44.9. The third-order valence-corrected chi connectivity index (χ3v) is 8.82. The molecule has 0 spiro atoms. The quantitative estimate of drug-likeness (QED) is 0.462. The average molecular weight is 401 g/mol. The zero-order chi connectivity index (χ0) is 21.0. The highest BCUT2D eigenvalue weighted by molar-refractivity contribution is 5.66. The summed E-state index contributed by atoms with van der Waals surface area (Å²) in [5.74, 6) is 0.881. The van der Waals surface area contributed by atoms with Gasteiger partial charge in [-0.25, -0.2) is 0 Å². The fourth-order valence-corrected chi connectivity index (χ4v) is 7.43. The largest absolute Gasteiger partial charge is 0.463 e. The van der Waals surface area contributed by atoms with E-state index in [1.807, 2.05) is 0 Å². The van der Waals surface area contributed by atoms with Crippen LogP contribution in [-0.4, -0.2) is 24.1 Å². The molecule has 0 radical (unpaired) electrons. The maximum Gasteiger partial charge on any atom is 0.302 e. The molecule has 0 aromatic rings. The van der Waals surface area contributed by atoms with Gasteiger partial charge < -0.3 is 9.47 Å². The second-order valence-electron chi connectivity index (χ2n) is 10.3. The number of hydrogen-bond acceptors (Lipinski definition) is 4. The first-order valence-corrected chi connectivity index (χ1v) is 11.4. The third-order valence-electron chi connectivity index (χ3n) is 8.82. The minimum atomic E-state index is -0.193. The van der Waals surface area contributed by atoms with Crippen LogP contribution in [0.1, 0.15) is 79.6 Å². The van der Waals surface area contributed by atoms with Crippen molar-refractivity contribution < 1.29 is 19.1 Å². The Kier molecular flexibility index (Phi) is 5.19. The Morgan fingerprint density at radius 3 is 2.45 bits per heavy atom. The van der Waals surface area contributed by atoms with Crippen LogP contribution >= 0.6 is 0 Å². The van der Waals surface area contributed by atoms with E-state index in [4.69, 9.17) is 9.47 Å². The Bertz CT molecular complexity index is 765. The summed E-state index contributed by atoms with van der Waals surface area (Å²) in [5, 5.41) is 0. The van der Waals surface area contributed by atoms with Crippen molar-refractivity contribution in [3.8, 4) is 0 Å². The number of carbonyl (C=O) groups excluding carboxylic acids is 2. The number of carbonyl (C=O) groups is 2. The summed E-state index contributed by atoms with van der Waals surface area (Å²) < 4.78 is 11.6. The molecule has 0 aromatic heterocycles. The van der Waals surface area contributed by atoms with Crippen LogP contribution in [0.4, 0.5) is 0 Å². The van der Waals surface area contributed by atoms with Gasteiger partial charge in [0, 0.05) is 19.8 Å². The van der Waals surface area contributed by atoms with Gasteiger partial charge >= 0.3 is 11.9 Å². The maximum atomic E-state index is 12.0. The lowest BCUT2D eigenvalue weighted by molar-refractivity contribution is -0.160. The van der Waals surface area contributed by atoms with Crippen molar-refractivity contribution >= 4 is 11.9 Å². The maximum absolute atomic E-state index is 12.0. The summed E-state index contributed by atoms with van der Waals surface area (Å²) in [4.78, 5) is 23.5. The highest BCUT2D eigenvalue weighted by Gasteiger charge is 2.59. The van der Waals surface area contributed by atoms with Crippen LogP contribution in [-0.2, 0) is 19.1 Å². The van der Waals surface area contributed by atoms with Gasteiger partial charge in [-0.3, -0.25) is 9.59 Å². The molecule has 4 nitrogen and oxygen atoms in total. The Balaban J connectivity index is 1.71. The molecule has 0 saturated heterocycles. The number of hydrogen-bond donors (Lipinski definition) is 0. The second-order valence-corrected chi connectivity index (χ2v) is 10.3. The fraction of sp³-hybridized carbons (Fsp3) is 0.760. The molecule has 4 rings (SSSR count). The number of fused-ring (bicyclic) bond motifs is 5. The molecule has 160 valence electrons. The Labute approximate surface area is 175 Å². The Morgan fingerprint density at radius 2 is 1.79 bits per heavy atom. The van der Waals surface area contributed by atoms with Crippen LogP contribution < -0.4 is 0 Å². The zero-order valence-electron chi connectivity index (χ0n) is 18.6. The molecule has 7 atom stereocenters. The van der Waals surface area contributed by atoms with Crippen LogP contribution in [0.2, 0.25) is 0 Å². The van der Waals surface area contributed by atoms with Gasteiger partial charge in [0.05, 0.1) is 0 Å². The van der Waals surface area contributed by atoms with Gasteiger partial charge in [-0.05, 0) is 74.5 Å². The highest BCUT2D eigenvalue weighted by atomic mass is 16.5. The van der Waals surface area contributed by atoms with E-state index in [-0.39, 0.29) is 35.0 Å². The first kappa shape index (κ1) is 20.7. The molecular weight excluding hydrogens is 364 g/mol. The molecular formula is C25H36O4. The molecule has 0 aliphatic heterocycles. The summed E-state index contributed by atoms with van der Waals surface area (Å²) in [6, 6.07) is 0. The first-order chi connectivity index (χ1) is 13.7. The van der Waals surface area contributed by atoms with Crippen LogP contribution in [0, 0.1) is 28.6 Å². The minimum Gasteiger partial charge on any atom is -0.463 e. The topological polar surface area (TPSA) is 52.6 Å². The van der Waals surface area contributed by atoms with Crippen molar-refractivity contribution in [1.82, 2.24) is 0 Å². The van der Waals surface area contributed by atoms with Crippen molar-refractivity contribution in [3.05, 3.63) is 23.3 Å². The molecule has 4 aliphatic carbocycles. The summed E-state index contributed by atoms with van der Waals surface area (Å²) in [7, 11) is 0. The second kappa shape index (κ2) is 7.28. The lowest BCUT2D eigenvalue weighted by Crippen LogP contribution is -2.54. The van der Waals surface area contributed by atoms with E-state index in [1.165, 1.54) is 25.8 Å². The molecule has 0 amide bonds. The van der Waals surface area contributed by atoms with Crippen molar-refractivity contribution in [2.24, 2.45) is 28.6 Å². The number of esters is 2. The number of rotatable bonds is 2. The summed E-state index contributed by atoms with van der Waals surface area (Å²) in [5.41, 5.74) is 3.42. The van der Waals surface area contributed by atoms with Crippen LogP contribution in [0.25, 0.3) is 0 Å². The lowest BCUT2D eigenvalue weighted by Gasteiger charge is -2.58. The minimum absolute atomic E-state index is 0.00401. The monoisotopic (exact) mass is 400 g/mol. The van der Waals surface area contributed by atoms with E-state index in [2.05, 4.69) is 32.9 Å². The standard InChI is InChI=1S/C25H36O4/c1-6-17-7-8-20-23-21(10-12-24(17,20)4)25(5)11-9-19(28-15(2)26)13-18(25)14-22(23)29-16(3)27/h6,10,18-20,22-23H,7-9,11-14H2,1-5H3/b17-6-/t18-,19+,20?,22+,23?,24+,25-/m0/s1. The van der Waals surface area contributed by atoms with E-state index < -0.39 is 0 Å². The smallest absolute Gasteiger partial charge is 0.302 e. The van der Waals surface area contributed by atoms with Crippen LogP contribution in [0.15, 0.2) is 23.3 Å². The molecule has 2 unspecified atom stereocenters. The molecule has 0 bridgehead atoms. The average Bonchev–Trinajstić information content (AvgIpc) is 2.98. The molecule has 4 heteroatoms. The molecule has 0 aromatic carbocycles. The van der Waals surface area contributed by atoms with Crippen LogP contribution in [0.3, 0.4) is 0 Å². The van der Waals surface area contributed by atoms with E-state index in [9.17, 15) is 9.59 Å². The zero-order valence-corrected chi connectivity index (χ0v) is 18.6. The molecule has 4 aliphatic rings. The van der Waals surface area contributed by atoms with Gasteiger partial charge in [-0.2, -0.15) is 0 Å². The van der Waals surface area contributed by atoms with Crippen molar-refractivity contribution in [2.75, 3.05) is 0 Å². The molecule has 3 fully saturated rings. The van der Waals surface area contributed by atoms with Crippen molar-refractivity contribution in [1.29, 1.82) is 0 Å². The number of allylic oxidation sites excluding steroid dienone is 3. The van der Waals surface area contributed by atoms with Gasteiger partial charge in [-0.1, -0.05) is 37.1 Å². The van der Waals surface area contributed by atoms with Crippen LogP contribution in [0.5, 0.6) is 0 Å². The predicted octanol–water partition coefficient (Wildman–Crippen LogP) is 5.37. The molecule has 0 heterocycles. The Hall–Kier alpha value is -1.58. The first-order valence-electron chi connectivity index (χ1n) is 11.4. The lowest BCUT2D eigenvalue weighted by atomic mass is 9.48. The van der Waals surface area contributed by atoms with E-state index >= 15 is 0 Å². The van der Waals surface area contributed by atoms with E-state index in [0.717, 1.165) is 38.5 Å². The van der Waals surface area contributed by atoms with Gasteiger partial charge in [-0.15, -0.1) is 0 Å². The van der Waals surface area contributed by atoms with E-state index in [1.54, 1.807) is 5.57 Å². The van der Waals surface area contributed by atoms with Crippen molar-refractivity contribution in [2.45, 2.75) is 91.8 Å². The fourth-order valence-electron chi connectivity index (χ4n) is 7.43. The number of ether oxygens (including phenoxy) is 2. The van der Waals surface area contributed by atoms with E-state index in [0.29, 0.717) is 17.8 Å². The molecule has 0 N–H and O–H groups in total. The summed E-state index contributed by atoms with van der Waals surface area (Å²) >= 11 is 0. The van der Waals surface area contributed by atoms with Gasteiger partial charge in [0.2, 0.25) is 0 Å². The SMILES string of the molecule is C/C=C1/CCC2C3C(=CC[C@]12C)[C@@]1(C)CC[C@@H](OC(C)=O)C[C@H]1C[C@H]3OC(C)=O.